The van der Waals surface area contributed by atoms with E-state index in [1.165, 1.54) is 6.07 Å². The van der Waals surface area contributed by atoms with E-state index in [0.29, 0.717) is 17.1 Å². The van der Waals surface area contributed by atoms with E-state index in [1.54, 1.807) is 12.1 Å². The van der Waals surface area contributed by atoms with Crippen molar-refractivity contribution >= 4 is 22.5 Å². The Morgan fingerprint density at radius 3 is 2.65 bits per heavy atom. The molecule has 0 amide bonds. The molecule has 0 saturated heterocycles. The van der Waals surface area contributed by atoms with Gasteiger partial charge < -0.3 is 9.67 Å². The number of nitrogens with zero attached hydrogens (tertiary/aromatic N) is 1. The van der Waals surface area contributed by atoms with Crippen molar-refractivity contribution < 1.29 is 9.50 Å². The molecular weight excluding hydrogens is 277 g/mol. The molecule has 3 rings (SSSR count). The van der Waals surface area contributed by atoms with E-state index in [2.05, 4.69) is 0 Å². The maximum Gasteiger partial charge on any atom is 0.129 e. The number of benzene rings is 2. The molecule has 0 saturated carbocycles. The second kappa shape index (κ2) is 5.27. The normalized spacial score (nSPS) is 11.2. The van der Waals surface area contributed by atoms with Crippen molar-refractivity contribution in [1.82, 2.24) is 4.57 Å². The number of aliphatic hydroxyl groups is 1. The van der Waals surface area contributed by atoms with E-state index in [0.717, 1.165) is 16.5 Å². The molecule has 0 unspecified atom stereocenters. The summed E-state index contributed by atoms with van der Waals surface area (Å²) in [4.78, 5) is 0. The lowest BCUT2D eigenvalue weighted by Gasteiger charge is -2.07. The first-order valence-corrected chi connectivity index (χ1v) is 6.68. The van der Waals surface area contributed by atoms with Gasteiger partial charge in [0.05, 0.1) is 13.2 Å². The van der Waals surface area contributed by atoms with Crippen molar-refractivity contribution in [3.8, 4) is 0 Å². The molecule has 0 aliphatic rings. The van der Waals surface area contributed by atoms with E-state index < -0.39 is 0 Å². The molecule has 4 heteroatoms. The lowest BCUT2D eigenvalue weighted by molar-refractivity contribution is 0.283. The maximum atomic E-state index is 13.9. The highest BCUT2D eigenvalue weighted by atomic mass is 35.5. The molecule has 0 spiro atoms. The number of aromatic nitrogens is 1. The lowest BCUT2D eigenvalue weighted by atomic mass is 10.2. The minimum Gasteiger partial charge on any atom is -0.392 e. The van der Waals surface area contributed by atoms with Gasteiger partial charge in [0.2, 0.25) is 0 Å². The molecule has 1 N–H and O–H groups in total. The molecule has 0 radical (unpaired) electrons. The Balaban J connectivity index is 2.06. The van der Waals surface area contributed by atoms with E-state index >= 15 is 0 Å². The van der Waals surface area contributed by atoms with Crippen LogP contribution in [0.25, 0.3) is 10.9 Å². The van der Waals surface area contributed by atoms with Crippen molar-refractivity contribution in [3.63, 3.8) is 0 Å². The van der Waals surface area contributed by atoms with E-state index in [1.807, 2.05) is 35.0 Å². The second-order valence-corrected chi connectivity index (χ2v) is 5.13. The predicted octanol–water partition coefficient (Wildman–Crippen LogP) is 3.97. The lowest BCUT2D eigenvalue weighted by Crippen LogP contribution is -2.00. The number of halogens is 2. The third-order valence-corrected chi connectivity index (χ3v) is 3.63. The fourth-order valence-corrected chi connectivity index (χ4v) is 2.57. The summed E-state index contributed by atoms with van der Waals surface area (Å²) in [5.74, 6) is -0.319. The van der Waals surface area contributed by atoms with Gasteiger partial charge in [-0.05, 0) is 18.2 Å². The summed E-state index contributed by atoms with van der Waals surface area (Å²) in [6, 6.07) is 12.4. The molecule has 1 heterocycles. The molecule has 0 aliphatic carbocycles. The van der Waals surface area contributed by atoms with E-state index in [-0.39, 0.29) is 12.4 Å². The van der Waals surface area contributed by atoms with Crippen LogP contribution in [0, 0.1) is 5.82 Å². The van der Waals surface area contributed by atoms with Gasteiger partial charge in [0.1, 0.15) is 5.82 Å². The molecule has 20 heavy (non-hydrogen) atoms. The molecule has 0 aliphatic heterocycles. The molecule has 2 nitrogen and oxygen atoms in total. The van der Waals surface area contributed by atoms with Crippen LogP contribution in [0.2, 0.25) is 5.02 Å². The number of para-hydroxylation sites is 1. The first kappa shape index (κ1) is 13.2. The van der Waals surface area contributed by atoms with Crippen LogP contribution in [0.4, 0.5) is 4.39 Å². The smallest absolute Gasteiger partial charge is 0.129 e. The van der Waals surface area contributed by atoms with Crippen molar-refractivity contribution in [2.75, 3.05) is 0 Å². The zero-order valence-corrected chi connectivity index (χ0v) is 11.4. The molecule has 2 aromatic carbocycles. The molecule has 1 aromatic heterocycles. The molecule has 3 aromatic rings. The highest BCUT2D eigenvalue weighted by Gasteiger charge is 2.09. The summed E-state index contributed by atoms with van der Waals surface area (Å²) in [6.45, 7) is 0.375. The fraction of sp³-hybridized carbons (Fsp3) is 0.125. The summed E-state index contributed by atoms with van der Waals surface area (Å²) in [5.41, 5.74) is 2.39. The van der Waals surface area contributed by atoms with E-state index in [9.17, 15) is 9.50 Å². The number of hydrogen-bond acceptors (Lipinski definition) is 1. The Bertz CT molecular complexity index is 766. The van der Waals surface area contributed by atoms with Crippen LogP contribution in [-0.4, -0.2) is 9.67 Å². The van der Waals surface area contributed by atoms with Gasteiger partial charge in [0.25, 0.3) is 0 Å². The Labute approximate surface area is 121 Å². The number of fused-ring (bicyclic) bond motifs is 1. The minimum absolute atomic E-state index is 0.0311. The highest BCUT2D eigenvalue weighted by molar-refractivity contribution is 6.30. The van der Waals surface area contributed by atoms with Gasteiger partial charge in [-0.3, -0.25) is 0 Å². The maximum absolute atomic E-state index is 13.9. The van der Waals surface area contributed by atoms with Crippen molar-refractivity contribution in [1.29, 1.82) is 0 Å². The molecule has 102 valence electrons. The minimum atomic E-state index is -0.319. The van der Waals surface area contributed by atoms with Crippen LogP contribution >= 0.6 is 11.6 Å². The fourth-order valence-electron chi connectivity index (χ4n) is 2.41. The largest absolute Gasteiger partial charge is 0.392 e. The standard InChI is InChI=1S/C16H13ClFNO/c17-13-6-5-11(15(18)7-13)8-19-9-12(10-20)14-3-1-2-4-16(14)19/h1-7,9,20H,8,10H2. The van der Waals surface area contributed by atoms with Crippen LogP contribution in [0.5, 0.6) is 0 Å². The second-order valence-electron chi connectivity index (χ2n) is 4.69. The van der Waals surface area contributed by atoms with Gasteiger partial charge in [-0.1, -0.05) is 35.9 Å². The first-order valence-electron chi connectivity index (χ1n) is 6.30. The van der Waals surface area contributed by atoms with E-state index in [4.69, 9.17) is 11.6 Å². The van der Waals surface area contributed by atoms with Crippen molar-refractivity contribution in [2.24, 2.45) is 0 Å². The molecule has 0 atom stereocenters. The van der Waals surface area contributed by atoms with Crippen LogP contribution < -0.4 is 0 Å². The monoisotopic (exact) mass is 289 g/mol. The summed E-state index contributed by atoms with van der Waals surface area (Å²) in [5, 5.41) is 10.8. The number of hydrogen-bond donors (Lipinski definition) is 1. The summed E-state index contributed by atoms with van der Waals surface area (Å²) in [6.07, 6.45) is 1.86. The van der Waals surface area contributed by atoms with Crippen molar-refractivity contribution in [3.05, 3.63) is 70.6 Å². The average Bonchev–Trinajstić information content (AvgIpc) is 2.80. The zero-order valence-electron chi connectivity index (χ0n) is 10.7. The Hall–Kier alpha value is -1.84. The molecular formula is C16H13ClFNO. The van der Waals surface area contributed by atoms with Gasteiger partial charge in [-0.15, -0.1) is 0 Å². The summed E-state index contributed by atoms with van der Waals surface area (Å²) >= 11 is 5.76. The topological polar surface area (TPSA) is 25.2 Å². The van der Waals surface area contributed by atoms with Gasteiger partial charge in [-0.2, -0.15) is 0 Å². The summed E-state index contributed by atoms with van der Waals surface area (Å²) in [7, 11) is 0. The van der Waals surface area contributed by atoms with Crippen LogP contribution in [0.1, 0.15) is 11.1 Å². The van der Waals surface area contributed by atoms with Gasteiger partial charge in [0, 0.05) is 33.2 Å². The van der Waals surface area contributed by atoms with Crippen LogP contribution in [-0.2, 0) is 13.2 Å². The SMILES string of the molecule is OCc1cn(Cc2ccc(Cl)cc2F)c2ccccc12. The Morgan fingerprint density at radius 2 is 1.90 bits per heavy atom. The summed E-state index contributed by atoms with van der Waals surface area (Å²) < 4.78 is 15.8. The zero-order chi connectivity index (χ0) is 14.1. The molecule has 0 fully saturated rings. The van der Waals surface area contributed by atoms with Gasteiger partial charge in [-0.25, -0.2) is 4.39 Å². The quantitative estimate of drug-likeness (QED) is 0.775. The van der Waals surface area contributed by atoms with Crippen LogP contribution in [0.3, 0.4) is 0 Å². The average molecular weight is 290 g/mol. The van der Waals surface area contributed by atoms with Crippen LogP contribution in [0.15, 0.2) is 48.7 Å². The number of aliphatic hydroxyl groups excluding tert-OH is 1. The third-order valence-electron chi connectivity index (χ3n) is 3.40. The predicted molar refractivity (Wildman–Crippen MR) is 78.4 cm³/mol. The van der Waals surface area contributed by atoms with Crippen molar-refractivity contribution in [2.45, 2.75) is 13.2 Å². The first-order chi connectivity index (χ1) is 9.69. The molecule has 0 bridgehead atoms. The Morgan fingerprint density at radius 1 is 1.10 bits per heavy atom. The third kappa shape index (κ3) is 2.30. The van der Waals surface area contributed by atoms with Gasteiger partial charge >= 0.3 is 0 Å². The Kier molecular flexibility index (Phi) is 3.47. The van der Waals surface area contributed by atoms with Gasteiger partial charge in [0.15, 0.2) is 0 Å². The highest BCUT2D eigenvalue weighted by Crippen LogP contribution is 2.23. The number of rotatable bonds is 3.